The fourth-order valence-electron chi connectivity index (χ4n) is 3.16. The molecule has 0 unspecified atom stereocenters. The number of unbranched alkanes of at least 4 members (excludes halogenated alkanes) is 1. The predicted molar refractivity (Wildman–Crippen MR) is 109 cm³/mol. The predicted octanol–water partition coefficient (Wildman–Crippen LogP) is 2.95. The van der Waals surface area contributed by atoms with Gasteiger partial charge in [-0.15, -0.1) is 24.0 Å². The zero-order valence-corrected chi connectivity index (χ0v) is 17.9. The first-order chi connectivity index (χ1) is 10.5. The van der Waals surface area contributed by atoms with Crippen LogP contribution in [0.4, 0.5) is 0 Å². The number of amides is 1. The molecule has 1 aliphatic rings. The molecule has 1 N–H and O–H groups in total. The molecule has 5 nitrogen and oxygen atoms in total. The quantitative estimate of drug-likeness (QED) is 0.378. The van der Waals surface area contributed by atoms with E-state index in [2.05, 4.69) is 31.1 Å². The Morgan fingerprint density at radius 1 is 1.17 bits per heavy atom. The molecule has 1 aliphatic carbocycles. The van der Waals surface area contributed by atoms with Crippen LogP contribution in [-0.2, 0) is 4.79 Å². The van der Waals surface area contributed by atoms with E-state index in [-0.39, 0.29) is 35.3 Å². The Morgan fingerprint density at radius 2 is 1.78 bits per heavy atom. The molecule has 23 heavy (non-hydrogen) atoms. The van der Waals surface area contributed by atoms with Gasteiger partial charge < -0.3 is 15.1 Å². The lowest BCUT2D eigenvalue weighted by Crippen LogP contribution is -2.43. The average Bonchev–Trinajstić information content (AvgIpc) is 2.98. The van der Waals surface area contributed by atoms with Crippen LogP contribution in [0.25, 0.3) is 0 Å². The van der Waals surface area contributed by atoms with Crippen molar-refractivity contribution in [2.75, 3.05) is 40.8 Å². The molecule has 0 aromatic carbocycles. The van der Waals surface area contributed by atoms with E-state index in [4.69, 9.17) is 4.99 Å². The van der Waals surface area contributed by atoms with Gasteiger partial charge in [-0.1, -0.05) is 26.2 Å². The van der Waals surface area contributed by atoms with E-state index in [1.807, 2.05) is 14.1 Å². The second-order valence-electron chi connectivity index (χ2n) is 6.63. The highest BCUT2D eigenvalue weighted by atomic mass is 127. The van der Waals surface area contributed by atoms with Crippen LogP contribution in [0.15, 0.2) is 4.99 Å². The Bertz CT molecular complexity index is 379. The summed E-state index contributed by atoms with van der Waals surface area (Å²) in [5.74, 6) is 1.16. The molecular formula is C17H35IN4O. The molecular weight excluding hydrogens is 403 g/mol. The van der Waals surface area contributed by atoms with Gasteiger partial charge in [-0.2, -0.15) is 0 Å². The third kappa shape index (κ3) is 6.47. The number of carbonyl (C=O) groups excluding carboxylic acids is 1. The van der Waals surface area contributed by atoms with Crippen molar-refractivity contribution in [3.63, 3.8) is 0 Å². The maximum absolute atomic E-state index is 12.6. The first-order valence-electron chi connectivity index (χ1n) is 8.68. The van der Waals surface area contributed by atoms with E-state index in [0.717, 1.165) is 51.2 Å². The smallest absolute Gasteiger partial charge is 0.230 e. The van der Waals surface area contributed by atoms with Gasteiger partial charge in [0.1, 0.15) is 0 Å². The van der Waals surface area contributed by atoms with Crippen LogP contribution in [0, 0.1) is 5.41 Å². The van der Waals surface area contributed by atoms with Crippen LogP contribution >= 0.6 is 24.0 Å². The number of hydrogen-bond donors (Lipinski definition) is 1. The van der Waals surface area contributed by atoms with Crippen molar-refractivity contribution in [1.29, 1.82) is 0 Å². The monoisotopic (exact) mass is 438 g/mol. The molecule has 1 rings (SSSR count). The molecule has 0 bridgehead atoms. The van der Waals surface area contributed by atoms with Gasteiger partial charge in [0.2, 0.25) is 5.91 Å². The van der Waals surface area contributed by atoms with E-state index < -0.39 is 0 Å². The molecule has 0 aromatic rings. The van der Waals surface area contributed by atoms with Crippen molar-refractivity contribution in [2.24, 2.45) is 10.4 Å². The molecule has 0 heterocycles. The zero-order chi connectivity index (χ0) is 16.6. The molecule has 0 radical (unpaired) electrons. The summed E-state index contributed by atoms with van der Waals surface area (Å²) < 4.78 is 0. The minimum Gasteiger partial charge on any atom is -0.357 e. The fourth-order valence-corrected chi connectivity index (χ4v) is 3.16. The van der Waals surface area contributed by atoms with Gasteiger partial charge in [-0.3, -0.25) is 9.79 Å². The Kier molecular flexibility index (Phi) is 10.8. The van der Waals surface area contributed by atoms with Gasteiger partial charge in [0.05, 0.1) is 12.0 Å². The maximum Gasteiger partial charge on any atom is 0.230 e. The topological polar surface area (TPSA) is 47.9 Å². The van der Waals surface area contributed by atoms with Crippen molar-refractivity contribution in [3.05, 3.63) is 0 Å². The number of rotatable bonds is 7. The van der Waals surface area contributed by atoms with Crippen molar-refractivity contribution < 1.29 is 4.79 Å². The van der Waals surface area contributed by atoms with Crippen LogP contribution in [0.2, 0.25) is 0 Å². The standard InChI is InChI=1S/C17H34N4O.HI/c1-6-8-13-21(5)16(18-7-2)19-14-17(11-9-10-12-17)15(22)20(3)4;/h6-14H2,1-5H3,(H,18,19);1H. The van der Waals surface area contributed by atoms with Crippen LogP contribution in [-0.4, -0.2) is 62.4 Å². The first-order valence-corrected chi connectivity index (χ1v) is 8.68. The van der Waals surface area contributed by atoms with E-state index in [9.17, 15) is 4.79 Å². The summed E-state index contributed by atoms with van der Waals surface area (Å²) in [5.41, 5.74) is -0.282. The second-order valence-corrected chi connectivity index (χ2v) is 6.63. The summed E-state index contributed by atoms with van der Waals surface area (Å²) >= 11 is 0. The fraction of sp³-hybridized carbons (Fsp3) is 0.882. The van der Waals surface area contributed by atoms with Crippen LogP contribution in [0.3, 0.4) is 0 Å². The number of aliphatic imine (C=N–C) groups is 1. The molecule has 6 heteroatoms. The van der Waals surface area contributed by atoms with E-state index in [0.29, 0.717) is 6.54 Å². The summed E-state index contributed by atoms with van der Waals surface area (Å²) in [7, 11) is 5.78. The van der Waals surface area contributed by atoms with Crippen LogP contribution < -0.4 is 5.32 Å². The normalized spacial score (nSPS) is 16.7. The molecule has 136 valence electrons. The van der Waals surface area contributed by atoms with Crippen molar-refractivity contribution in [3.8, 4) is 0 Å². The Morgan fingerprint density at radius 3 is 2.26 bits per heavy atom. The third-order valence-corrected chi connectivity index (χ3v) is 4.50. The van der Waals surface area contributed by atoms with Gasteiger partial charge >= 0.3 is 0 Å². The number of hydrogen-bond acceptors (Lipinski definition) is 2. The molecule has 1 amide bonds. The Labute approximate surface area is 159 Å². The van der Waals surface area contributed by atoms with Crippen molar-refractivity contribution in [1.82, 2.24) is 15.1 Å². The van der Waals surface area contributed by atoms with Gasteiger partial charge in [0, 0.05) is 34.2 Å². The lowest BCUT2D eigenvalue weighted by atomic mass is 9.85. The van der Waals surface area contributed by atoms with Crippen molar-refractivity contribution in [2.45, 2.75) is 52.4 Å². The maximum atomic E-state index is 12.6. The highest BCUT2D eigenvalue weighted by molar-refractivity contribution is 14.0. The first kappa shape index (κ1) is 22.5. The number of guanidine groups is 1. The molecule has 0 spiro atoms. The minimum atomic E-state index is -0.282. The van der Waals surface area contributed by atoms with Gasteiger partial charge in [0.25, 0.3) is 0 Å². The van der Waals surface area contributed by atoms with E-state index >= 15 is 0 Å². The summed E-state index contributed by atoms with van der Waals surface area (Å²) in [6, 6.07) is 0. The third-order valence-electron chi connectivity index (χ3n) is 4.50. The number of halogens is 1. The highest BCUT2D eigenvalue weighted by Gasteiger charge is 2.42. The molecule has 0 atom stereocenters. The second kappa shape index (κ2) is 11.1. The number of nitrogens with zero attached hydrogens (tertiary/aromatic N) is 3. The molecule has 1 fully saturated rings. The highest BCUT2D eigenvalue weighted by Crippen LogP contribution is 2.39. The van der Waals surface area contributed by atoms with Gasteiger partial charge in [0.15, 0.2) is 5.96 Å². The lowest BCUT2D eigenvalue weighted by Gasteiger charge is -2.30. The van der Waals surface area contributed by atoms with Gasteiger partial charge in [-0.05, 0) is 26.2 Å². The molecule has 0 aliphatic heterocycles. The zero-order valence-electron chi connectivity index (χ0n) is 15.5. The minimum absolute atomic E-state index is 0. The SMILES string of the molecule is CCCCN(C)C(=NCC1(C(=O)N(C)C)CCCC1)NCC.I. The van der Waals surface area contributed by atoms with Crippen LogP contribution in [0.1, 0.15) is 52.4 Å². The lowest BCUT2D eigenvalue weighted by molar-refractivity contribution is -0.138. The van der Waals surface area contributed by atoms with Crippen molar-refractivity contribution >= 4 is 35.8 Å². The molecule has 0 aromatic heterocycles. The van der Waals surface area contributed by atoms with E-state index in [1.165, 1.54) is 6.42 Å². The molecule has 1 saturated carbocycles. The molecule has 0 saturated heterocycles. The summed E-state index contributed by atoms with van der Waals surface area (Å²) in [6.45, 7) is 6.73. The van der Waals surface area contributed by atoms with E-state index in [1.54, 1.807) is 4.90 Å². The number of carbonyl (C=O) groups is 1. The summed E-state index contributed by atoms with van der Waals surface area (Å²) in [4.78, 5) is 21.3. The summed E-state index contributed by atoms with van der Waals surface area (Å²) in [6.07, 6.45) is 6.53. The Balaban J connectivity index is 0.00000484. The largest absolute Gasteiger partial charge is 0.357 e. The summed E-state index contributed by atoms with van der Waals surface area (Å²) in [5, 5.41) is 3.35. The van der Waals surface area contributed by atoms with Crippen LogP contribution in [0.5, 0.6) is 0 Å². The average molecular weight is 438 g/mol. The Hall–Kier alpha value is -0.530. The number of nitrogens with one attached hydrogen (secondary N) is 1. The van der Waals surface area contributed by atoms with Gasteiger partial charge in [-0.25, -0.2) is 0 Å².